The summed E-state index contributed by atoms with van der Waals surface area (Å²) in [5, 5.41) is 11.6. The van der Waals surface area contributed by atoms with Crippen molar-refractivity contribution in [1.82, 2.24) is 0 Å². The van der Waals surface area contributed by atoms with Gasteiger partial charge >= 0.3 is 5.97 Å². The lowest BCUT2D eigenvalue weighted by Crippen LogP contribution is -2.59. The highest BCUT2D eigenvalue weighted by atomic mass is 16.6. The number of hydrogen-bond acceptors (Lipinski definition) is 3. The molecule has 4 heteroatoms. The Bertz CT molecular complexity index is 820. The van der Waals surface area contributed by atoms with E-state index < -0.39 is 11.6 Å². The van der Waals surface area contributed by atoms with E-state index in [0.717, 1.165) is 29.2 Å². The molecule has 2 aromatic rings. The van der Waals surface area contributed by atoms with Gasteiger partial charge in [-0.3, -0.25) is 0 Å². The molecule has 1 N–H and O–H groups in total. The second kappa shape index (κ2) is 6.16. The summed E-state index contributed by atoms with van der Waals surface area (Å²) in [6.07, 6.45) is 3.03. The van der Waals surface area contributed by atoms with Crippen LogP contribution in [0.4, 0.5) is 0 Å². The molecule has 0 spiro atoms. The van der Waals surface area contributed by atoms with E-state index in [1.165, 1.54) is 6.42 Å². The minimum Gasteiger partial charge on any atom is -0.459 e. The molecular formula is C24H28NO3+. The van der Waals surface area contributed by atoms with E-state index >= 15 is 0 Å². The van der Waals surface area contributed by atoms with E-state index in [9.17, 15) is 9.90 Å². The zero-order valence-electron chi connectivity index (χ0n) is 16.5. The molecule has 1 aliphatic carbocycles. The summed E-state index contributed by atoms with van der Waals surface area (Å²) in [5.74, 6) is 1.03. The molecule has 1 unspecified atom stereocenters. The molecule has 2 saturated heterocycles. The second-order valence-electron chi connectivity index (χ2n) is 9.27. The Labute approximate surface area is 166 Å². The minimum absolute atomic E-state index is 0.111. The molecule has 2 bridgehead atoms. The summed E-state index contributed by atoms with van der Waals surface area (Å²) in [6.45, 7) is 0. The van der Waals surface area contributed by atoms with Gasteiger partial charge in [0.05, 0.1) is 26.2 Å². The third-order valence-corrected chi connectivity index (χ3v) is 7.55. The SMILES string of the molecule is C[N+]1(C)[C@@H]2CC(OC(=O)C(O)(c3ccccc3)c3ccccc3)C[C@H]1[C@H]1C[C@H]12. The molecule has 5 atom stereocenters. The highest BCUT2D eigenvalue weighted by Crippen LogP contribution is 2.61. The first-order valence-electron chi connectivity index (χ1n) is 10.3. The second-order valence-corrected chi connectivity index (χ2v) is 9.27. The molecule has 1 saturated carbocycles. The van der Waals surface area contributed by atoms with Gasteiger partial charge in [-0.15, -0.1) is 0 Å². The Kier molecular flexibility index (Phi) is 3.94. The molecule has 0 radical (unpaired) electrons. The van der Waals surface area contributed by atoms with Crippen LogP contribution >= 0.6 is 0 Å². The number of quaternary nitrogens is 1. The van der Waals surface area contributed by atoms with Crippen LogP contribution in [0.15, 0.2) is 60.7 Å². The summed E-state index contributed by atoms with van der Waals surface area (Å²) in [4.78, 5) is 13.3. The first kappa shape index (κ1) is 17.9. The molecule has 3 aliphatic rings. The average molecular weight is 378 g/mol. The van der Waals surface area contributed by atoms with Crippen molar-refractivity contribution in [3.63, 3.8) is 0 Å². The van der Waals surface area contributed by atoms with E-state index in [4.69, 9.17) is 4.74 Å². The van der Waals surface area contributed by atoms with Crippen molar-refractivity contribution in [2.24, 2.45) is 11.8 Å². The van der Waals surface area contributed by atoms with Gasteiger partial charge < -0.3 is 14.3 Å². The summed E-state index contributed by atoms with van der Waals surface area (Å²) in [5.41, 5.74) is -0.695. The first-order chi connectivity index (χ1) is 13.4. The standard InChI is InChI=1S/C24H28NO3/c1-25(2)21-13-18(14-22(25)20-15-19(20)21)28-23(26)24(27,16-9-5-3-6-10-16)17-11-7-4-8-12-17/h3-12,18-22,27H,13-15H2,1-2H3/q+1/t18?,19-,20+,21-,22+. The van der Waals surface area contributed by atoms with E-state index in [2.05, 4.69) is 14.1 Å². The van der Waals surface area contributed by atoms with E-state index in [1.54, 1.807) is 24.3 Å². The van der Waals surface area contributed by atoms with Crippen LogP contribution in [0.2, 0.25) is 0 Å². The molecule has 5 rings (SSSR count). The lowest BCUT2D eigenvalue weighted by atomic mass is 9.86. The maximum atomic E-state index is 13.3. The van der Waals surface area contributed by atoms with Gasteiger partial charge in [-0.2, -0.15) is 0 Å². The molecule has 0 aromatic heterocycles. The van der Waals surface area contributed by atoms with Gasteiger partial charge in [-0.05, 0) is 17.5 Å². The van der Waals surface area contributed by atoms with Gasteiger partial charge in [0.1, 0.15) is 6.10 Å². The number of hydrogen-bond donors (Lipinski definition) is 1. The molecule has 3 fully saturated rings. The van der Waals surface area contributed by atoms with Crippen LogP contribution in [-0.2, 0) is 15.1 Å². The Balaban J connectivity index is 1.42. The molecule has 2 aliphatic heterocycles. The monoisotopic (exact) mass is 378 g/mol. The summed E-state index contributed by atoms with van der Waals surface area (Å²) < 4.78 is 7.07. The number of fused-ring (bicyclic) bond motifs is 5. The number of carbonyl (C=O) groups excluding carboxylic acids is 1. The van der Waals surface area contributed by atoms with Gasteiger partial charge in [-0.1, -0.05) is 60.7 Å². The number of piperidine rings is 2. The fraction of sp³-hybridized carbons (Fsp3) is 0.458. The van der Waals surface area contributed by atoms with Gasteiger partial charge in [0, 0.05) is 24.7 Å². The molecule has 146 valence electrons. The van der Waals surface area contributed by atoms with Crippen LogP contribution < -0.4 is 0 Å². The summed E-state index contributed by atoms with van der Waals surface area (Å²) >= 11 is 0. The fourth-order valence-electron chi connectivity index (χ4n) is 5.98. The third-order valence-electron chi connectivity index (χ3n) is 7.55. The number of ether oxygens (including phenoxy) is 1. The van der Waals surface area contributed by atoms with Gasteiger partial charge in [0.15, 0.2) is 0 Å². The fourth-order valence-corrected chi connectivity index (χ4v) is 5.98. The number of nitrogens with zero attached hydrogens (tertiary/aromatic N) is 1. The van der Waals surface area contributed by atoms with Crippen LogP contribution in [-0.4, -0.2) is 47.8 Å². The van der Waals surface area contributed by atoms with Gasteiger partial charge in [0.25, 0.3) is 0 Å². The average Bonchev–Trinajstić information content (AvgIpc) is 3.47. The summed E-state index contributed by atoms with van der Waals surface area (Å²) in [7, 11) is 4.65. The number of rotatable bonds is 4. The zero-order chi connectivity index (χ0) is 19.5. The normalized spacial score (nSPS) is 32.5. The van der Waals surface area contributed by atoms with Crippen molar-refractivity contribution in [3.05, 3.63) is 71.8 Å². The first-order valence-corrected chi connectivity index (χ1v) is 10.3. The van der Waals surface area contributed by atoms with E-state index in [1.807, 2.05) is 36.4 Å². The molecule has 4 nitrogen and oxygen atoms in total. The van der Waals surface area contributed by atoms with Crippen molar-refractivity contribution in [2.75, 3.05) is 14.1 Å². The molecule has 2 heterocycles. The van der Waals surface area contributed by atoms with Crippen LogP contribution in [0.25, 0.3) is 0 Å². The van der Waals surface area contributed by atoms with Crippen molar-refractivity contribution >= 4 is 5.97 Å². The van der Waals surface area contributed by atoms with Crippen molar-refractivity contribution in [1.29, 1.82) is 0 Å². The topological polar surface area (TPSA) is 46.5 Å². The molecule has 2 aromatic carbocycles. The van der Waals surface area contributed by atoms with Gasteiger partial charge in [0.2, 0.25) is 5.60 Å². The largest absolute Gasteiger partial charge is 0.459 e. The highest BCUT2D eigenvalue weighted by Gasteiger charge is 2.68. The Morgan fingerprint density at radius 3 is 1.82 bits per heavy atom. The van der Waals surface area contributed by atoms with Crippen molar-refractivity contribution in [3.8, 4) is 0 Å². The Hall–Kier alpha value is -2.17. The maximum absolute atomic E-state index is 13.3. The van der Waals surface area contributed by atoms with Crippen molar-refractivity contribution in [2.45, 2.75) is 43.1 Å². The van der Waals surface area contributed by atoms with Crippen molar-refractivity contribution < 1.29 is 19.1 Å². The lowest BCUT2D eigenvalue weighted by molar-refractivity contribution is -0.937. The minimum atomic E-state index is -1.79. The third kappa shape index (κ3) is 2.55. The smallest absolute Gasteiger partial charge is 0.347 e. The Morgan fingerprint density at radius 2 is 1.36 bits per heavy atom. The van der Waals surface area contributed by atoms with Gasteiger partial charge in [-0.25, -0.2) is 4.79 Å². The van der Waals surface area contributed by atoms with E-state index in [0.29, 0.717) is 23.2 Å². The van der Waals surface area contributed by atoms with Crippen LogP contribution in [0.1, 0.15) is 30.4 Å². The van der Waals surface area contributed by atoms with E-state index in [-0.39, 0.29) is 6.10 Å². The maximum Gasteiger partial charge on any atom is 0.347 e. The predicted octanol–water partition coefficient (Wildman–Crippen LogP) is 3.09. The highest BCUT2D eigenvalue weighted by molar-refractivity contribution is 5.85. The number of esters is 1. The van der Waals surface area contributed by atoms with Crippen LogP contribution in [0.3, 0.4) is 0 Å². The Morgan fingerprint density at radius 1 is 0.893 bits per heavy atom. The predicted molar refractivity (Wildman–Crippen MR) is 106 cm³/mol. The number of benzene rings is 2. The molecule has 28 heavy (non-hydrogen) atoms. The lowest BCUT2D eigenvalue weighted by Gasteiger charge is -2.46. The van der Waals surface area contributed by atoms with Crippen LogP contribution in [0.5, 0.6) is 0 Å². The molecule has 0 amide bonds. The number of carbonyl (C=O) groups is 1. The summed E-state index contributed by atoms with van der Waals surface area (Å²) in [6, 6.07) is 19.4. The van der Waals surface area contributed by atoms with Crippen LogP contribution in [0, 0.1) is 11.8 Å². The number of aliphatic hydroxyl groups is 1. The molecular weight excluding hydrogens is 350 g/mol. The quantitative estimate of drug-likeness (QED) is 0.657. The zero-order valence-corrected chi connectivity index (χ0v) is 16.5.